The Morgan fingerprint density at radius 3 is 3.00 bits per heavy atom. The molecule has 3 heteroatoms. The third-order valence-corrected chi connectivity index (χ3v) is 3.86. The Kier molecular flexibility index (Phi) is 3.65. The largest absolute Gasteiger partial charge is 0.377 e. The van der Waals surface area contributed by atoms with Crippen molar-refractivity contribution in [3.8, 4) is 0 Å². The molecule has 2 heterocycles. The van der Waals surface area contributed by atoms with Crippen LogP contribution in [0.2, 0.25) is 0 Å². The molecule has 2 unspecified atom stereocenters. The van der Waals surface area contributed by atoms with Crippen LogP contribution in [-0.2, 0) is 4.74 Å². The van der Waals surface area contributed by atoms with E-state index in [0.29, 0.717) is 11.6 Å². The molecule has 2 fully saturated rings. The zero-order valence-electron chi connectivity index (χ0n) is 10.1. The number of hydrogen-bond acceptors (Lipinski definition) is 3. The van der Waals surface area contributed by atoms with E-state index in [2.05, 4.69) is 24.2 Å². The summed E-state index contributed by atoms with van der Waals surface area (Å²) in [6.07, 6.45) is 5.62. The van der Waals surface area contributed by atoms with Crippen molar-refractivity contribution in [2.75, 3.05) is 33.3 Å². The van der Waals surface area contributed by atoms with E-state index in [1.165, 1.54) is 38.8 Å². The highest BCUT2D eigenvalue weighted by Crippen LogP contribution is 2.22. The van der Waals surface area contributed by atoms with Gasteiger partial charge in [-0.25, -0.2) is 0 Å². The standard InChI is InChI=1S/C12H24N2O/c1-12(13-2)6-4-7-14(10-12)9-11-5-3-8-15-11/h11,13H,3-10H2,1-2H3. The van der Waals surface area contributed by atoms with Crippen molar-refractivity contribution >= 4 is 0 Å². The molecule has 3 nitrogen and oxygen atoms in total. The van der Waals surface area contributed by atoms with E-state index >= 15 is 0 Å². The van der Waals surface area contributed by atoms with Crippen LogP contribution in [0.1, 0.15) is 32.6 Å². The van der Waals surface area contributed by atoms with Gasteiger partial charge < -0.3 is 10.1 Å². The summed E-state index contributed by atoms with van der Waals surface area (Å²) in [6, 6.07) is 0. The van der Waals surface area contributed by atoms with Crippen LogP contribution in [-0.4, -0.2) is 49.8 Å². The smallest absolute Gasteiger partial charge is 0.0702 e. The monoisotopic (exact) mass is 212 g/mol. The Morgan fingerprint density at radius 2 is 2.33 bits per heavy atom. The molecule has 0 bridgehead atoms. The van der Waals surface area contributed by atoms with Gasteiger partial charge in [0.05, 0.1) is 6.10 Å². The van der Waals surface area contributed by atoms with E-state index in [1.54, 1.807) is 0 Å². The van der Waals surface area contributed by atoms with Gasteiger partial charge in [-0.2, -0.15) is 0 Å². The lowest BCUT2D eigenvalue weighted by Crippen LogP contribution is -2.54. The van der Waals surface area contributed by atoms with Crippen molar-refractivity contribution in [2.24, 2.45) is 0 Å². The molecule has 0 aromatic carbocycles. The maximum atomic E-state index is 5.70. The van der Waals surface area contributed by atoms with E-state index in [0.717, 1.165) is 13.2 Å². The minimum absolute atomic E-state index is 0.316. The minimum Gasteiger partial charge on any atom is -0.377 e. The lowest BCUT2D eigenvalue weighted by atomic mass is 9.91. The second-order valence-electron chi connectivity index (χ2n) is 5.28. The predicted molar refractivity (Wildman–Crippen MR) is 62.1 cm³/mol. The number of ether oxygens (including phenoxy) is 1. The summed E-state index contributed by atoms with van der Waals surface area (Å²) in [6.45, 7) is 6.86. The number of hydrogen-bond donors (Lipinski definition) is 1. The lowest BCUT2D eigenvalue weighted by molar-refractivity contribution is 0.0489. The van der Waals surface area contributed by atoms with E-state index in [1.807, 2.05) is 0 Å². The molecule has 2 aliphatic rings. The number of nitrogens with one attached hydrogen (secondary N) is 1. The zero-order chi connectivity index (χ0) is 10.7. The molecule has 0 amide bonds. The van der Waals surface area contributed by atoms with Crippen LogP contribution in [0.3, 0.4) is 0 Å². The van der Waals surface area contributed by atoms with Crippen molar-refractivity contribution in [3.05, 3.63) is 0 Å². The molecule has 0 spiro atoms. The molecule has 1 N–H and O–H groups in total. The average Bonchev–Trinajstić information content (AvgIpc) is 2.71. The number of piperidine rings is 1. The predicted octanol–water partition coefficient (Wildman–Crippen LogP) is 1.24. The molecular weight excluding hydrogens is 188 g/mol. The van der Waals surface area contributed by atoms with Crippen LogP contribution >= 0.6 is 0 Å². The first-order valence-corrected chi connectivity index (χ1v) is 6.25. The zero-order valence-corrected chi connectivity index (χ0v) is 10.1. The van der Waals surface area contributed by atoms with Crippen molar-refractivity contribution in [1.29, 1.82) is 0 Å². The Balaban J connectivity index is 1.81. The average molecular weight is 212 g/mol. The Bertz CT molecular complexity index is 204. The molecule has 88 valence electrons. The van der Waals surface area contributed by atoms with Crippen LogP contribution in [0.4, 0.5) is 0 Å². The van der Waals surface area contributed by atoms with Crippen LogP contribution in [0.15, 0.2) is 0 Å². The molecule has 0 radical (unpaired) electrons. The third-order valence-electron chi connectivity index (χ3n) is 3.86. The van der Waals surface area contributed by atoms with E-state index in [-0.39, 0.29) is 0 Å². The fourth-order valence-corrected chi connectivity index (χ4v) is 2.78. The second kappa shape index (κ2) is 4.81. The van der Waals surface area contributed by atoms with E-state index in [4.69, 9.17) is 4.74 Å². The highest BCUT2D eigenvalue weighted by atomic mass is 16.5. The summed E-state index contributed by atoms with van der Waals surface area (Å²) in [4.78, 5) is 2.57. The minimum atomic E-state index is 0.316. The molecule has 0 aliphatic carbocycles. The maximum absolute atomic E-state index is 5.70. The molecule has 2 aliphatic heterocycles. The van der Waals surface area contributed by atoms with Gasteiger partial charge in [0, 0.05) is 25.2 Å². The molecule has 2 rings (SSSR count). The van der Waals surface area contributed by atoms with Gasteiger partial charge in [0.1, 0.15) is 0 Å². The fourth-order valence-electron chi connectivity index (χ4n) is 2.78. The second-order valence-corrected chi connectivity index (χ2v) is 5.28. The maximum Gasteiger partial charge on any atom is 0.0702 e. The van der Waals surface area contributed by atoms with Crippen molar-refractivity contribution in [3.63, 3.8) is 0 Å². The third kappa shape index (κ3) is 2.92. The van der Waals surface area contributed by atoms with Crippen molar-refractivity contribution in [2.45, 2.75) is 44.2 Å². The van der Waals surface area contributed by atoms with Crippen molar-refractivity contribution in [1.82, 2.24) is 10.2 Å². The quantitative estimate of drug-likeness (QED) is 0.762. The molecule has 2 atom stereocenters. The van der Waals surface area contributed by atoms with E-state index in [9.17, 15) is 0 Å². The first kappa shape index (κ1) is 11.4. The number of likely N-dealkylation sites (tertiary alicyclic amines) is 1. The van der Waals surface area contributed by atoms with Gasteiger partial charge in [0.15, 0.2) is 0 Å². The van der Waals surface area contributed by atoms with Gasteiger partial charge in [-0.1, -0.05) is 0 Å². The summed E-state index contributed by atoms with van der Waals surface area (Å²) in [5.74, 6) is 0. The molecule has 0 saturated carbocycles. The highest BCUT2D eigenvalue weighted by Gasteiger charge is 2.30. The number of likely N-dealkylation sites (N-methyl/N-ethyl adjacent to an activating group) is 1. The normalized spacial score (nSPS) is 38.4. The Hall–Kier alpha value is -0.120. The van der Waals surface area contributed by atoms with E-state index < -0.39 is 0 Å². The van der Waals surface area contributed by atoms with Crippen LogP contribution in [0.5, 0.6) is 0 Å². The summed E-state index contributed by atoms with van der Waals surface area (Å²) in [5, 5.41) is 3.45. The Labute approximate surface area is 93.2 Å². The lowest BCUT2D eigenvalue weighted by Gasteiger charge is -2.41. The molecule has 0 aromatic heterocycles. The topological polar surface area (TPSA) is 24.5 Å². The summed E-state index contributed by atoms with van der Waals surface area (Å²) >= 11 is 0. The van der Waals surface area contributed by atoms with Gasteiger partial charge in [0.25, 0.3) is 0 Å². The molecular formula is C12H24N2O. The highest BCUT2D eigenvalue weighted by molar-refractivity contribution is 4.90. The van der Waals surface area contributed by atoms with Crippen LogP contribution < -0.4 is 5.32 Å². The SMILES string of the molecule is CNC1(C)CCCN(CC2CCCO2)C1. The van der Waals surface area contributed by atoms with Crippen molar-refractivity contribution < 1.29 is 4.74 Å². The summed E-state index contributed by atoms with van der Waals surface area (Å²) in [7, 11) is 2.08. The van der Waals surface area contributed by atoms with Gasteiger partial charge in [-0.15, -0.1) is 0 Å². The number of nitrogens with zero attached hydrogens (tertiary/aromatic N) is 1. The molecule has 2 saturated heterocycles. The first-order valence-electron chi connectivity index (χ1n) is 6.25. The van der Waals surface area contributed by atoms with Gasteiger partial charge in [-0.05, 0) is 46.2 Å². The van der Waals surface area contributed by atoms with Crippen LogP contribution in [0.25, 0.3) is 0 Å². The Morgan fingerprint density at radius 1 is 1.47 bits per heavy atom. The summed E-state index contributed by atoms with van der Waals surface area (Å²) < 4.78 is 5.70. The van der Waals surface area contributed by atoms with Crippen LogP contribution in [0, 0.1) is 0 Å². The number of rotatable bonds is 3. The van der Waals surface area contributed by atoms with Gasteiger partial charge >= 0.3 is 0 Å². The van der Waals surface area contributed by atoms with Gasteiger partial charge in [0.2, 0.25) is 0 Å². The molecule has 0 aromatic rings. The first-order chi connectivity index (χ1) is 7.22. The van der Waals surface area contributed by atoms with Gasteiger partial charge in [-0.3, -0.25) is 4.90 Å². The summed E-state index contributed by atoms with van der Waals surface area (Å²) in [5.41, 5.74) is 0.316. The fraction of sp³-hybridized carbons (Fsp3) is 1.00. The molecule has 15 heavy (non-hydrogen) atoms.